The summed E-state index contributed by atoms with van der Waals surface area (Å²) < 4.78 is 40.3. The Bertz CT molecular complexity index is 914. The Morgan fingerprint density at radius 3 is 2.32 bits per heavy atom. The average molecular weight is 456 g/mol. The first-order valence-electron chi connectivity index (χ1n) is 9.59. The van der Waals surface area contributed by atoms with E-state index < -0.39 is 12.3 Å². The van der Waals surface area contributed by atoms with Crippen LogP contribution in [-0.4, -0.2) is 55.8 Å². The Balaban J connectivity index is 1.41. The first-order chi connectivity index (χ1) is 14.7. The molecule has 166 valence electrons. The fraction of sp³-hybridized carbons (Fsp3) is 0.333. The van der Waals surface area contributed by atoms with Crippen molar-refractivity contribution in [2.75, 3.05) is 37.6 Å². The molecule has 0 bridgehead atoms. The highest BCUT2D eigenvalue weighted by molar-refractivity contribution is 6.30. The Hall–Kier alpha value is -2.94. The Morgan fingerprint density at radius 2 is 1.71 bits per heavy atom. The molecule has 6 nitrogen and oxygen atoms in total. The van der Waals surface area contributed by atoms with E-state index in [0.717, 1.165) is 17.8 Å². The van der Waals surface area contributed by atoms with Crippen molar-refractivity contribution < 1.29 is 27.5 Å². The highest BCUT2D eigenvalue weighted by Crippen LogP contribution is 2.23. The van der Waals surface area contributed by atoms with Crippen LogP contribution in [-0.2, 0) is 16.0 Å². The number of piperazine rings is 1. The minimum atomic E-state index is -4.76. The van der Waals surface area contributed by atoms with E-state index in [4.69, 9.17) is 11.6 Å². The molecule has 31 heavy (non-hydrogen) atoms. The lowest BCUT2D eigenvalue weighted by Gasteiger charge is -2.36. The van der Waals surface area contributed by atoms with Crippen molar-refractivity contribution in [3.8, 4) is 5.75 Å². The third-order valence-electron chi connectivity index (χ3n) is 4.76. The molecule has 2 amide bonds. The molecular weight excluding hydrogens is 435 g/mol. The number of halogens is 4. The Morgan fingerprint density at radius 1 is 1.03 bits per heavy atom. The zero-order valence-corrected chi connectivity index (χ0v) is 17.2. The van der Waals surface area contributed by atoms with Crippen LogP contribution in [0.5, 0.6) is 5.75 Å². The van der Waals surface area contributed by atoms with E-state index in [2.05, 4.69) is 15.0 Å². The molecule has 1 aliphatic rings. The van der Waals surface area contributed by atoms with Gasteiger partial charge in [-0.15, -0.1) is 13.2 Å². The maximum atomic E-state index is 12.4. The van der Waals surface area contributed by atoms with Crippen LogP contribution in [0.15, 0.2) is 48.5 Å². The second kappa shape index (κ2) is 9.91. The first kappa shape index (κ1) is 22.7. The number of hydrogen-bond donors (Lipinski definition) is 1. The SMILES string of the molecule is O=C(Cc1ccc(OC(F)(F)F)cc1)NCC(=O)N1CCN(c2cccc(Cl)c2)CC1. The van der Waals surface area contributed by atoms with Gasteiger partial charge in [0.05, 0.1) is 13.0 Å². The zero-order valence-electron chi connectivity index (χ0n) is 16.5. The number of benzene rings is 2. The van der Waals surface area contributed by atoms with Gasteiger partial charge in [0, 0.05) is 36.9 Å². The highest BCUT2D eigenvalue weighted by Gasteiger charge is 2.31. The van der Waals surface area contributed by atoms with E-state index in [0.29, 0.717) is 36.8 Å². The summed E-state index contributed by atoms with van der Waals surface area (Å²) in [7, 11) is 0. The molecule has 0 spiro atoms. The van der Waals surface area contributed by atoms with Crippen LogP contribution in [0.2, 0.25) is 5.02 Å². The van der Waals surface area contributed by atoms with Gasteiger partial charge < -0.3 is 19.9 Å². The third kappa shape index (κ3) is 7.06. The molecule has 10 heteroatoms. The van der Waals surface area contributed by atoms with Crippen LogP contribution in [0.3, 0.4) is 0 Å². The minimum absolute atomic E-state index is 0.0535. The lowest BCUT2D eigenvalue weighted by molar-refractivity contribution is -0.274. The summed E-state index contributed by atoms with van der Waals surface area (Å²) in [6.45, 7) is 2.24. The molecular formula is C21H21ClF3N3O3. The van der Waals surface area contributed by atoms with E-state index in [1.54, 1.807) is 11.0 Å². The lowest BCUT2D eigenvalue weighted by Crippen LogP contribution is -2.51. The highest BCUT2D eigenvalue weighted by atomic mass is 35.5. The minimum Gasteiger partial charge on any atom is -0.406 e. The molecule has 1 saturated heterocycles. The van der Waals surface area contributed by atoms with Gasteiger partial charge in [0.25, 0.3) is 0 Å². The molecule has 1 fully saturated rings. The van der Waals surface area contributed by atoms with Crippen LogP contribution >= 0.6 is 11.6 Å². The van der Waals surface area contributed by atoms with Crippen molar-refractivity contribution in [3.05, 3.63) is 59.1 Å². The molecule has 1 N–H and O–H groups in total. The van der Waals surface area contributed by atoms with Crippen molar-refractivity contribution in [1.29, 1.82) is 0 Å². The maximum absolute atomic E-state index is 12.4. The number of carbonyl (C=O) groups is 2. The average Bonchev–Trinajstić information content (AvgIpc) is 2.72. The molecule has 2 aromatic rings. The van der Waals surface area contributed by atoms with Crippen LogP contribution in [0, 0.1) is 0 Å². The Kier molecular flexibility index (Phi) is 7.27. The second-order valence-corrected chi connectivity index (χ2v) is 7.43. The number of nitrogens with zero attached hydrogens (tertiary/aromatic N) is 2. The number of alkyl halides is 3. The predicted molar refractivity (Wildman–Crippen MR) is 110 cm³/mol. The van der Waals surface area contributed by atoms with Crippen LogP contribution in [0.4, 0.5) is 18.9 Å². The molecule has 2 aromatic carbocycles. The topological polar surface area (TPSA) is 61.9 Å². The van der Waals surface area contributed by atoms with E-state index in [9.17, 15) is 22.8 Å². The number of hydrogen-bond acceptors (Lipinski definition) is 4. The standard InChI is InChI=1S/C21H21ClF3N3O3/c22-16-2-1-3-17(13-16)27-8-10-28(11-9-27)20(30)14-26-19(29)12-15-4-6-18(7-5-15)31-21(23,24)25/h1-7,13H,8-12,14H2,(H,26,29). The molecule has 0 atom stereocenters. The molecule has 0 saturated carbocycles. The van der Waals surface area contributed by atoms with Gasteiger partial charge in [0.1, 0.15) is 5.75 Å². The zero-order chi connectivity index (χ0) is 22.4. The number of carbonyl (C=O) groups excluding carboxylic acids is 2. The van der Waals surface area contributed by atoms with E-state index in [-0.39, 0.29) is 24.6 Å². The number of ether oxygens (including phenoxy) is 1. The predicted octanol–water partition coefficient (Wildman–Crippen LogP) is 3.25. The van der Waals surface area contributed by atoms with Gasteiger partial charge in [-0.3, -0.25) is 9.59 Å². The summed E-state index contributed by atoms with van der Waals surface area (Å²) in [5.74, 6) is -0.938. The second-order valence-electron chi connectivity index (χ2n) is 6.99. The van der Waals surface area contributed by atoms with Crippen molar-refractivity contribution in [1.82, 2.24) is 10.2 Å². The van der Waals surface area contributed by atoms with Gasteiger partial charge in [0.15, 0.2) is 0 Å². The third-order valence-corrected chi connectivity index (χ3v) is 5.00. The van der Waals surface area contributed by atoms with Gasteiger partial charge in [-0.2, -0.15) is 0 Å². The summed E-state index contributed by atoms with van der Waals surface area (Å²) in [6.07, 6.45) is -4.82. The van der Waals surface area contributed by atoms with Gasteiger partial charge >= 0.3 is 6.36 Å². The molecule has 0 unspecified atom stereocenters. The van der Waals surface area contributed by atoms with Crippen molar-refractivity contribution in [2.24, 2.45) is 0 Å². The summed E-state index contributed by atoms with van der Waals surface area (Å²) in [4.78, 5) is 28.3. The normalized spacial score (nSPS) is 14.3. The van der Waals surface area contributed by atoms with Crippen LogP contribution in [0.25, 0.3) is 0 Å². The van der Waals surface area contributed by atoms with Crippen molar-refractivity contribution >= 4 is 29.1 Å². The number of amides is 2. The summed E-state index contributed by atoms with van der Waals surface area (Å²) in [6, 6.07) is 12.5. The molecule has 0 aromatic heterocycles. The molecule has 0 radical (unpaired) electrons. The smallest absolute Gasteiger partial charge is 0.406 e. The van der Waals surface area contributed by atoms with Crippen LogP contribution < -0.4 is 15.0 Å². The molecule has 1 heterocycles. The molecule has 1 aliphatic heterocycles. The van der Waals surface area contributed by atoms with E-state index in [1.807, 2.05) is 18.2 Å². The largest absolute Gasteiger partial charge is 0.573 e. The first-order valence-corrected chi connectivity index (χ1v) is 9.97. The van der Waals surface area contributed by atoms with Gasteiger partial charge in [-0.1, -0.05) is 29.8 Å². The summed E-state index contributed by atoms with van der Waals surface area (Å²) >= 11 is 6.02. The van der Waals surface area contributed by atoms with E-state index >= 15 is 0 Å². The lowest BCUT2D eigenvalue weighted by atomic mass is 10.1. The van der Waals surface area contributed by atoms with Crippen LogP contribution in [0.1, 0.15) is 5.56 Å². The molecule has 0 aliphatic carbocycles. The molecule has 3 rings (SSSR count). The van der Waals surface area contributed by atoms with Crippen molar-refractivity contribution in [3.63, 3.8) is 0 Å². The van der Waals surface area contributed by atoms with Gasteiger partial charge in [-0.05, 0) is 35.9 Å². The number of anilines is 1. The fourth-order valence-electron chi connectivity index (χ4n) is 3.23. The van der Waals surface area contributed by atoms with Gasteiger partial charge in [0.2, 0.25) is 11.8 Å². The maximum Gasteiger partial charge on any atom is 0.573 e. The monoisotopic (exact) mass is 455 g/mol. The summed E-state index contributed by atoms with van der Waals surface area (Å²) in [5.41, 5.74) is 1.51. The van der Waals surface area contributed by atoms with E-state index in [1.165, 1.54) is 12.1 Å². The number of rotatable bonds is 6. The summed E-state index contributed by atoms with van der Waals surface area (Å²) in [5, 5.41) is 3.21. The fourth-order valence-corrected chi connectivity index (χ4v) is 3.41. The quantitative estimate of drug-likeness (QED) is 0.726. The Labute approximate surface area is 182 Å². The number of nitrogens with one attached hydrogen (secondary N) is 1. The van der Waals surface area contributed by atoms with Gasteiger partial charge in [-0.25, -0.2) is 0 Å². The van der Waals surface area contributed by atoms with Crippen molar-refractivity contribution in [2.45, 2.75) is 12.8 Å².